The third-order valence-corrected chi connectivity index (χ3v) is 4.63. The molecule has 2 amide bonds. The molecule has 0 aliphatic carbocycles. The molecule has 0 saturated carbocycles. The molecule has 1 aliphatic heterocycles. The highest BCUT2D eigenvalue weighted by Crippen LogP contribution is 2.17. The molecule has 1 aliphatic rings. The summed E-state index contributed by atoms with van der Waals surface area (Å²) in [5.41, 5.74) is 1.57. The molecule has 0 bridgehead atoms. The van der Waals surface area contributed by atoms with Gasteiger partial charge in [-0.15, -0.1) is 0 Å². The number of nitrogens with zero attached hydrogens (tertiary/aromatic N) is 1. The molecule has 0 atom stereocenters. The van der Waals surface area contributed by atoms with E-state index in [0.717, 1.165) is 24.8 Å². The molecular formula is C21H28N2O5. The molecule has 0 spiro atoms. The number of carbonyl (C=O) groups excluding carboxylic acids is 3. The van der Waals surface area contributed by atoms with Crippen molar-refractivity contribution in [1.82, 2.24) is 10.2 Å². The largest absolute Gasteiger partial charge is 0.513 e. The van der Waals surface area contributed by atoms with Crippen molar-refractivity contribution in [3.8, 4) is 5.75 Å². The molecule has 7 heteroatoms. The Morgan fingerprint density at radius 3 is 2.36 bits per heavy atom. The molecular weight excluding hydrogens is 360 g/mol. The van der Waals surface area contributed by atoms with E-state index in [1.807, 2.05) is 13.8 Å². The second-order valence-electron chi connectivity index (χ2n) is 6.73. The maximum atomic E-state index is 12.6. The lowest BCUT2D eigenvalue weighted by atomic mass is 10.0. The predicted molar refractivity (Wildman–Crippen MR) is 105 cm³/mol. The van der Waals surface area contributed by atoms with E-state index in [-0.39, 0.29) is 24.5 Å². The van der Waals surface area contributed by atoms with Crippen LogP contribution in [0.3, 0.4) is 0 Å². The van der Waals surface area contributed by atoms with Gasteiger partial charge in [0.25, 0.3) is 5.91 Å². The first-order chi connectivity index (χ1) is 13.4. The Bertz CT molecular complexity index is 719. The Morgan fingerprint density at radius 2 is 1.79 bits per heavy atom. The first-order valence-electron chi connectivity index (χ1n) is 9.64. The smallest absolute Gasteiger partial charge is 0.434 e. The van der Waals surface area contributed by atoms with Gasteiger partial charge in [-0.3, -0.25) is 9.59 Å². The summed E-state index contributed by atoms with van der Waals surface area (Å²) in [7, 11) is 0. The summed E-state index contributed by atoms with van der Waals surface area (Å²) in [6.45, 7) is 7.05. The number of piperidine rings is 1. The van der Waals surface area contributed by atoms with E-state index in [4.69, 9.17) is 9.47 Å². The second-order valence-corrected chi connectivity index (χ2v) is 6.73. The Labute approximate surface area is 165 Å². The molecule has 1 aromatic carbocycles. The monoisotopic (exact) mass is 388 g/mol. The number of benzene rings is 1. The average Bonchev–Trinajstić information content (AvgIpc) is 2.68. The van der Waals surface area contributed by atoms with Gasteiger partial charge in [0.05, 0.1) is 6.61 Å². The van der Waals surface area contributed by atoms with E-state index in [1.54, 1.807) is 42.2 Å². The maximum Gasteiger partial charge on any atom is 0.513 e. The highest BCUT2D eigenvalue weighted by molar-refractivity contribution is 5.94. The van der Waals surface area contributed by atoms with Crippen LogP contribution in [0.1, 0.15) is 50.4 Å². The SMILES string of the molecule is CCOC(=O)Oc1ccc(C(=O)N2CCC(NC(=O)/C=C(\C)CC)CC2)cc1. The van der Waals surface area contributed by atoms with Gasteiger partial charge in [0.15, 0.2) is 0 Å². The van der Waals surface area contributed by atoms with Crippen molar-refractivity contribution in [1.29, 1.82) is 0 Å². The van der Waals surface area contributed by atoms with E-state index in [1.165, 1.54) is 0 Å². The molecule has 1 aromatic rings. The van der Waals surface area contributed by atoms with Gasteiger partial charge in [-0.25, -0.2) is 4.79 Å². The molecule has 1 N–H and O–H groups in total. The quantitative estimate of drug-likeness (QED) is 0.459. The van der Waals surface area contributed by atoms with E-state index in [0.29, 0.717) is 24.4 Å². The van der Waals surface area contributed by atoms with Gasteiger partial charge in [0, 0.05) is 30.8 Å². The number of carbonyl (C=O) groups is 3. The first-order valence-corrected chi connectivity index (χ1v) is 9.64. The van der Waals surface area contributed by atoms with Crippen LogP contribution in [0.2, 0.25) is 0 Å². The van der Waals surface area contributed by atoms with Crippen LogP contribution in [0.4, 0.5) is 4.79 Å². The number of nitrogens with one attached hydrogen (secondary N) is 1. The maximum absolute atomic E-state index is 12.6. The normalized spacial score (nSPS) is 15.1. The number of ether oxygens (including phenoxy) is 2. The van der Waals surface area contributed by atoms with Gasteiger partial charge in [-0.1, -0.05) is 12.5 Å². The van der Waals surface area contributed by atoms with Crippen LogP contribution < -0.4 is 10.1 Å². The fourth-order valence-corrected chi connectivity index (χ4v) is 2.89. The molecule has 1 heterocycles. The molecule has 2 rings (SSSR count). The number of allylic oxidation sites excluding steroid dienone is 1. The standard InChI is InChI=1S/C21H28N2O5/c1-4-15(3)14-19(24)22-17-10-12-23(13-11-17)20(25)16-6-8-18(9-7-16)28-21(26)27-5-2/h6-9,14,17H,4-5,10-13H2,1-3H3,(H,22,24)/b15-14+. The summed E-state index contributed by atoms with van der Waals surface area (Å²) in [5.74, 6) is 0.183. The van der Waals surface area contributed by atoms with Crippen molar-refractivity contribution >= 4 is 18.0 Å². The summed E-state index contributed by atoms with van der Waals surface area (Å²) >= 11 is 0. The summed E-state index contributed by atoms with van der Waals surface area (Å²) in [5, 5.41) is 3.01. The summed E-state index contributed by atoms with van der Waals surface area (Å²) in [6.07, 6.45) is 3.16. The van der Waals surface area contributed by atoms with Crippen molar-refractivity contribution in [2.24, 2.45) is 0 Å². The van der Waals surface area contributed by atoms with Crippen LogP contribution in [0.15, 0.2) is 35.9 Å². The van der Waals surface area contributed by atoms with Crippen LogP contribution in [0.5, 0.6) is 5.75 Å². The van der Waals surface area contributed by atoms with Crippen molar-refractivity contribution in [3.63, 3.8) is 0 Å². The van der Waals surface area contributed by atoms with Gasteiger partial charge in [-0.05, 0) is 57.4 Å². The fourth-order valence-electron chi connectivity index (χ4n) is 2.89. The Morgan fingerprint density at radius 1 is 1.14 bits per heavy atom. The number of likely N-dealkylation sites (tertiary alicyclic amines) is 1. The lowest BCUT2D eigenvalue weighted by Gasteiger charge is -2.32. The zero-order chi connectivity index (χ0) is 20.5. The number of amides is 2. The van der Waals surface area contributed by atoms with Gasteiger partial charge < -0.3 is 19.7 Å². The molecule has 1 saturated heterocycles. The Balaban J connectivity index is 1.84. The third-order valence-electron chi connectivity index (χ3n) is 4.63. The van der Waals surface area contributed by atoms with Crippen LogP contribution in [-0.4, -0.2) is 48.6 Å². The molecule has 0 aromatic heterocycles. The zero-order valence-electron chi connectivity index (χ0n) is 16.7. The summed E-state index contributed by atoms with van der Waals surface area (Å²) < 4.78 is 9.70. The summed E-state index contributed by atoms with van der Waals surface area (Å²) in [4.78, 5) is 37.7. The third kappa shape index (κ3) is 6.40. The lowest BCUT2D eigenvalue weighted by molar-refractivity contribution is -0.117. The molecule has 0 unspecified atom stereocenters. The van der Waals surface area contributed by atoms with Gasteiger partial charge in [-0.2, -0.15) is 0 Å². The molecule has 1 fully saturated rings. The van der Waals surface area contributed by atoms with Crippen molar-refractivity contribution in [3.05, 3.63) is 41.5 Å². The average molecular weight is 388 g/mol. The summed E-state index contributed by atoms with van der Waals surface area (Å²) in [6, 6.07) is 6.48. The Hall–Kier alpha value is -2.83. The van der Waals surface area contributed by atoms with Gasteiger partial charge in [0.1, 0.15) is 5.75 Å². The fraction of sp³-hybridized carbons (Fsp3) is 0.476. The molecule has 28 heavy (non-hydrogen) atoms. The van der Waals surface area contributed by atoms with Crippen molar-refractivity contribution in [2.45, 2.75) is 46.1 Å². The van der Waals surface area contributed by atoms with Crippen LogP contribution in [0, 0.1) is 0 Å². The lowest BCUT2D eigenvalue weighted by Crippen LogP contribution is -2.46. The minimum Gasteiger partial charge on any atom is -0.434 e. The van der Waals surface area contributed by atoms with Crippen molar-refractivity contribution in [2.75, 3.05) is 19.7 Å². The minimum absolute atomic E-state index is 0.0682. The number of hydrogen-bond acceptors (Lipinski definition) is 5. The van der Waals surface area contributed by atoms with Crippen LogP contribution >= 0.6 is 0 Å². The van der Waals surface area contributed by atoms with E-state index in [9.17, 15) is 14.4 Å². The van der Waals surface area contributed by atoms with Crippen LogP contribution in [0.25, 0.3) is 0 Å². The predicted octanol–water partition coefficient (Wildman–Crippen LogP) is 3.30. The van der Waals surface area contributed by atoms with Crippen LogP contribution in [-0.2, 0) is 9.53 Å². The minimum atomic E-state index is -0.769. The van der Waals surface area contributed by atoms with Gasteiger partial charge in [0.2, 0.25) is 5.91 Å². The van der Waals surface area contributed by atoms with E-state index < -0.39 is 6.16 Å². The first kappa shape index (κ1) is 21.5. The highest BCUT2D eigenvalue weighted by atomic mass is 16.7. The second kappa shape index (κ2) is 10.5. The number of hydrogen-bond donors (Lipinski definition) is 1. The molecule has 0 radical (unpaired) electrons. The Kier molecular flexibility index (Phi) is 8.04. The zero-order valence-corrected chi connectivity index (χ0v) is 16.7. The van der Waals surface area contributed by atoms with E-state index >= 15 is 0 Å². The topological polar surface area (TPSA) is 84.9 Å². The van der Waals surface area contributed by atoms with E-state index in [2.05, 4.69) is 5.32 Å². The number of rotatable bonds is 6. The van der Waals surface area contributed by atoms with Crippen molar-refractivity contribution < 1.29 is 23.9 Å². The van der Waals surface area contributed by atoms with Gasteiger partial charge >= 0.3 is 6.16 Å². The highest BCUT2D eigenvalue weighted by Gasteiger charge is 2.24. The molecule has 152 valence electrons. The molecule has 7 nitrogen and oxygen atoms in total.